The lowest BCUT2D eigenvalue weighted by atomic mass is 10.2. The predicted molar refractivity (Wildman–Crippen MR) is 73.7 cm³/mol. The van der Waals surface area contributed by atoms with Gasteiger partial charge in [0.15, 0.2) is 0 Å². The van der Waals surface area contributed by atoms with Gasteiger partial charge in [0.1, 0.15) is 0 Å². The predicted octanol–water partition coefficient (Wildman–Crippen LogP) is 1.95. The molecule has 0 aromatic heterocycles. The summed E-state index contributed by atoms with van der Waals surface area (Å²) >= 11 is 0. The first-order valence-electron chi connectivity index (χ1n) is 6.21. The maximum absolute atomic E-state index is 12.5. The van der Waals surface area contributed by atoms with E-state index in [9.17, 15) is 8.42 Å². The van der Waals surface area contributed by atoms with E-state index >= 15 is 0 Å². The number of nitrogens with two attached hydrogens (primary N) is 1. The van der Waals surface area contributed by atoms with Gasteiger partial charge in [-0.25, -0.2) is 8.42 Å². The van der Waals surface area contributed by atoms with Crippen molar-refractivity contribution in [1.29, 1.82) is 0 Å². The van der Waals surface area contributed by atoms with Crippen molar-refractivity contribution in [2.45, 2.75) is 44.2 Å². The van der Waals surface area contributed by atoms with Crippen LogP contribution in [0.5, 0.6) is 0 Å². The highest BCUT2D eigenvalue weighted by atomic mass is 32.2. The number of hydrogen-bond acceptors (Lipinski definition) is 3. The van der Waals surface area contributed by atoms with Crippen LogP contribution in [0.3, 0.4) is 0 Å². The molecule has 0 fully saturated rings. The Morgan fingerprint density at radius 1 is 1.33 bits per heavy atom. The average molecular weight is 270 g/mol. The summed E-state index contributed by atoms with van der Waals surface area (Å²) in [6.07, 6.45) is 1.81. The van der Waals surface area contributed by atoms with Gasteiger partial charge in [0.2, 0.25) is 10.0 Å². The van der Waals surface area contributed by atoms with E-state index in [4.69, 9.17) is 5.73 Å². The standard InChI is InChI=1S/C13H22N2O2S/c1-4-7-11(2)15(3)18(16,17)13-9-6-5-8-12(13)10-14/h5-6,8-9,11H,4,7,10,14H2,1-3H3. The molecule has 1 aromatic carbocycles. The van der Waals surface area contributed by atoms with E-state index in [0.717, 1.165) is 12.8 Å². The third kappa shape index (κ3) is 3.10. The second-order valence-electron chi connectivity index (χ2n) is 4.47. The van der Waals surface area contributed by atoms with E-state index in [-0.39, 0.29) is 12.6 Å². The van der Waals surface area contributed by atoms with Gasteiger partial charge in [-0.3, -0.25) is 0 Å². The van der Waals surface area contributed by atoms with Gasteiger partial charge in [0.05, 0.1) is 4.90 Å². The van der Waals surface area contributed by atoms with Crippen LogP contribution in [0.1, 0.15) is 32.3 Å². The molecule has 2 N–H and O–H groups in total. The van der Waals surface area contributed by atoms with Crippen LogP contribution in [0, 0.1) is 0 Å². The molecule has 0 spiro atoms. The molecule has 0 aliphatic carbocycles. The number of rotatable bonds is 6. The lowest BCUT2D eigenvalue weighted by Crippen LogP contribution is -2.35. The van der Waals surface area contributed by atoms with Gasteiger partial charge < -0.3 is 5.73 Å². The Labute approximate surface area is 110 Å². The normalized spacial score (nSPS) is 13.8. The molecule has 5 heteroatoms. The molecule has 1 aromatic rings. The summed E-state index contributed by atoms with van der Waals surface area (Å²) in [5, 5.41) is 0. The molecule has 0 radical (unpaired) electrons. The Kier molecular flexibility index (Phi) is 5.31. The molecule has 1 unspecified atom stereocenters. The topological polar surface area (TPSA) is 63.4 Å². The molecule has 1 atom stereocenters. The summed E-state index contributed by atoms with van der Waals surface area (Å²) < 4.78 is 26.4. The van der Waals surface area contributed by atoms with E-state index in [1.807, 2.05) is 13.8 Å². The van der Waals surface area contributed by atoms with Crippen LogP contribution in [-0.4, -0.2) is 25.8 Å². The zero-order valence-corrected chi connectivity index (χ0v) is 12.1. The summed E-state index contributed by atoms with van der Waals surface area (Å²) in [5.74, 6) is 0. The van der Waals surface area contributed by atoms with Gasteiger partial charge in [-0.1, -0.05) is 31.5 Å². The number of hydrogen-bond donors (Lipinski definition) is 1. The minimum atomic E-state index is -3.45. The first-order valence-corrected chi connectivity index (χ1v) is 7.65. The lowest BCUT2D eigenvalue weighted by Gasteiger charge is -2.25. The van der Waals surface area contributed by atoms with E-state index < -0.39 is 10.0 Å². The molecule has 0 aliphatic heterocycles. The highest BCUT2D eigenvalue weighted by Crippen LogP contribution is 2.21. The first-order chi connectivity index (χ1) is 8.45. The molecule has 0 heterocycles. The maximum atomic E-state index is 12.5. The second-order valence-corrected chi connectivity index (χ2v) is 6.44. The summed E-state index contributed by atoms with van der Waals surface area (Å²) in [4.78, 5) is 0.318. The summed E-state index contributed by atoms with van der Waals surface area (Å²) in [5.41, 5.74) is 6.26. The highest BCUT2D eigenvalue weighted by Gasteiger charge is 2.26. The van der Waals surface area contributed by atoms with E-state index in [1.165, 1.54) is 4.31 Å². The van der Waals surface area contributed by atoms with Gasteiger partial charge in [0.25, 0.3) is 0 Å². The average Bonchev–Trinajstić information content (AvgIpc) is 2.38. The third-order valence-electron chi connectivity index (χ3n) is 3.18. The van der Waals surface area contributed by atoms with E-state index in [2.05, 4.69) is 0 Å². The molecule has 102 valence electrons. The number of benzene rings is 1. The van der Waals surface area contributed by atoms with Crippen molar-refractivity contribution >= 4 is 10.0 Å². The molecule has 0 amide bonds. The second kappa shape index (κ2) is 6.31. The van der Waals surface area contributed by atoms with Crippen molar-refractivity contribution in [2.24, 2.45) is 5.73 Å². The van der Waals surface area contributed by atoms with Crippen molar-refractivity contribution in [1.82, 2.24) is 4.31 Å². The van der Waals surface area contributed by atoms with Crippen LogP contribution in [0.2, 0.25) is 0 Å². The van der Waals surface area contributed by atoms with E-state index in [1.54, 1.807) is 31.3 Å². The van der Waals surface area contributed by atoms with Crippen molar-refractivity contribution in [3.05, 3.63) is 29.8 Å². The molecule has 0 aliphatic rings. The quantitative estimate of drug-likeness (QED) is 0.859. The minimum Gasteiger partial charge on any atom is -0.326 e. The Morgan fingerprint density at radius 2 is 1.94 bits per heavy atom. The van der Waals surface area contributed by atoms with Crippen LogP contribution in [0.25, 0.3) is 0 Å². The van der Waals surface area contributed by atoms with Gasteiger partial charge in [0, 0.05) is 19.6 Å². The van der Waals surface area contributed by atoms with Gasteiger partial charge in [-0.15, -0.1) is 0 Å². The molecule has 1 rings (SSSR count). The summed E-state index contributed by atoms with van der Waals surface area (Å²) in [6, 6.07) is 6.89. The molecule has 0 bridgehead atoms. The van der Waals surface area contributed by atoms with Gasteiger partial charge in [-0.2, -0.15) is 4.31 Å². The molecule has 0 saturated heterocycles. The lowest BCUT2D eigenvalue weighted by molar-refractivity contribution is 0.368. The number of nitrogens with zero attached hydrogens (tertiary/aromatic N) is 1. The highest BCUT2D eigenvalue weighted by molar-refractivity contribution is 7.89. The van der Waals surface area contributed by atoms with Crippen LogP contribution in [-0.2, 0) is 16.6 Å². The van der Waals surface area contributed by atoms with Gasteiger partial charge in [-0.05, 0) is 25.0 Å². The van der Waals surface area contributed by atoms with Crippen LogP contribution >= 0.6 is 0 Å². The Hall–Kier alpha value is -0.910. The molecular formula is C13H22N2O2S. The smallest absolute Gasteiger partial charge is 0.243 e. The Balaban J connectivity index is 3.13. The monoisotopic (exact) mass is 270 g/mol. The zero-order chi connectivity index (χ0) is 13.8. The molecule has 0 saturated carbocycles. The molecular weight excluding hydrogens is 248 g/mol. The third-order valence-corrected chi connectivity index (χ3v) is 5.25. The zero-order valence-electron chi connectivity index (χ0n) is 11.3. The van der Waals surface area contributed by atoms with E-state index in [0.29, 0.717) is 10.5 Å². The van der Waals surface area contributed by atoms with Crippen LogP contribution in [0.4, 0.5) is 0 Å². The fourth-order valence-corrected chi connectivity index (χ4v) is 3.54. The summed E-state index contributed by atoms with van der Waals surface area (Å²) in [7, 11) is -1.82. The fraction of sp³-hybridized carbons (Fsp3) is 0.538. The largest absolute Gasteiger partial charge is 0.326 e. The van der Waals surface area contributed by atoms with Crippen molar-refractivity contribution in [2.75, 3.05) is 7.05 Å². The van der Waals surface area contributed by atoms with Crippen LogP contribution < -0.4 is 5.73 Å². The van der Waals surface area contributed by atoms with Crippen molar-refractivity contribution in [3.8, 4) is 0 Å². The number of sulfonamides is 1. The van der Waals surface area contributed by atoms with Gasteiger partial charge >= 0.3 is 0 Å². The SMILES string of the molecule is CCCC(C)N(C)S(=O)(=O)c1ccccc1CN. The summed E-state index contributed by atoms with van der Waals surface area (Å²) in [6.45, 7) is 4.20. The van der Waals surface area contributed by atoms with Crippen molar-refractivity contribution < 1.29 is 8.42 Å². The molecule has 4 nitrogen and oxygen atoms in total. The first kappa shape index (κ1) is 15.1. The Bertz CT molecular complexity index is 486. The molecule has 18 heavy (non-hydrogen) atoms. The minimum absolute atomic E-state index is 0.00849. The maximum Gasteiger partial charge on any atom is 0.243 e. The van der Waals surface area contributed by atoms with Crippen LogP contribution in [0.15, 0.2) is 29.2 Å². The fourth-order valence-electron chi connectivity index (χ4n) is 1.92. The van der Waals surface area contributed by atoms with Crippen molar-refractivity contribution in [3.63, 3.8) is 0 Å². The Morgan fingerprint density at radius 3 is 2.50 bits per heavy atom.